The minimum atomic E-state index is -3.31. The largest absolute Gasteiger partial charge is 0.372 e. The zero-order valence-electron chi connectivity index (χ0n) is 16.9. The predicted molar refractivity (Wildman–Crippen MR) is 125 cm³/mol. The molecule has 0 unspecified atom stereocenters. The fraction of sp³-hybridized carbons (Fsp3) is 0.381. The van der Waals surface area contributed by atoms with Gasteiger partial charge in [0.1, 0.15) is 0 Å². The molecule has 1 heterocycles. The molecule has 0 aromatic heterocycles. The Labute approximate surface area is 179 Å². The molecule has 1 aliphatic heterocycles. The van der Waals surface area contributed by atoms with Crippen LogP contribution in [0.3, 0.4) is 0 Å². The summed E-state index contributed by atoms with van der Waals surface area (Å²) in [5.41, 5.74) is 3.74. The van der Waals surface area contributed by atoms with Crippen LogP contribution < -0.4 is 19.8 Å². The fourth-order valence-electron chi connectivity index (χ4n) is 3.31. The highest BCUT2D eigenvalue weighted by Gasteiger charge is 2.12. The summed E-state index contributed by atoms with van der Waals surface area (Å²) in [4.78, 5) is 2.44. The molecular formula is C21H28N4O2S2. The number of nitrogens with zero attached hydrogens (tertiary/aromatic N) is 2. The van der Waals surface area contributed by atoms with Crippen molar-refractivity contribution in [3.8, 4) is 0 Å². The van der Waals surface area contributed by atoms with E-state index < -0.39 is 10.0 Å². The van der Waals surface area contributed by atoms with Crippen LogP contribution >= 0.6 is 12.2 Å². The van der Waals surface area contributed by atoms with E-state index in [9.17, 15) is 8.42 Å². The maximum absolute atomic E-state index is 11.7. The Morgan fingerprint density at radius 1 is 1.10 bits per heavy atom. The molecule has 6 nitrogen and oxygen atoms in total. The molecule has 0 radical (unpaired) electrons. The minimum absolute atomic E-state index is 0.490. The van der Waals surface area contributed by atoms with Crippen molar-refractivity contribution in [2.24, 2.45) is 0 Å². The zero-order chi connectivity index (χ0) is 20.9. The van der Waals surface area contributed by atoms with Crippen molar-refractivity contribution < 1.29 is 8.42 Å². The van der Waals surface area contributed by atoms with Gasteiger partial charge in [0.15, 0.2) is 5.11 Å². The smallest absolute Gasteiger partial charge is 0.231 e. The highest BCUT2D eigenvalue weighted by Crippen LogP contribution is 2.21. The van der Waals surface area contributed by atoms with E-state index >= 15 is 0 Å². The maximum Gasteiger partial charge on any atom is 0.231 e. The van der Waals surface area contributed by atoms with Gasteiger partial charge in [0.2, 0.25) is 10.0 Å². The number of anilines is 3. The molecule has 2 N–H and O–H groups in total. The summed E-state index contributed by atoms with van der Waals surface area (Å²) >= 11 is 5.38. The second-order valence-electron chi connectivity index (χ2n) is 7.30. The topological polar surface area (TPSA) is 64.7 Å². The molecule has 1 aliphatic rings. The molecule has 2 aromatic rings. The maximum atomic E-state index is 11.7. The Kier molecular flexibility index (Phi) is 6.97. The first-order valence-corrected chi connectivity index (χ1v) is 12.0. The molecule has 2 aromatic carbocycles. The number of hydrogen-bond donors (Lipinski definition) is 2. The van der Waals surface area contributed by atoms with Gasteiger partial charge in [-0.1, -0.05) is 18.2 Å². The SMILES string of the molecule is CN(c1cccc(NC(=S)NCc2ccc(N3CCCCC3)cc2)c1)S(C)(=O)=O. The number of piperidine rings is 1. The van der Waals surface area contributed by atoms with Gasteiger partial charge in [-0.2, -0.15) is 0 Å². The van der Waals surface area contributed by atoms with Crippen LogP contribution in [-0.2, 0) is 16.6 Å². The van der Waals surface area contributed by atoms with Gasteiger partial charge in [-0.3, -0.25) is 4.31 Å². The van der Waals surface area contributed by atoms with E-state index in [-0.39, 0.29) is 0 Å². The van der Waals surface area contributed by atoms with Crippen LogP contribution in [0.15, 0.2) is 48.5 Å². The van der Waals surface area contributed by atoms with Gasteiger partial charge >= 0.3 is 0 Å². The van der Waals surface area contributed by atoms with Crippen molar-refractivity contribution in [3.63, 3.8) is 0 Å². The summed E-state index contributed by atoms with van der Waals surface area (Å²) < 4.78 is 24.7. The van der Waals surface area contributed by atoms with Crippen LogP contribution in [0.25, 0.3) is 0 Å². The fourth-order valence-corrected chi connectivity index (χ4v) is 3.99. The van der Waals surface area contributed by atoms with Crippen molar-refractivity contribution in [3.05, 3.63) is 54.1 Å². The highest BCUT2D eigenvalue weighted by molar-refractivity contribution is 7.92. The van der Waals surface area contributed by atoms with Crippen molar-refractivity contribution in [1.29, 1.82) is 0 Å². The number of rotatable bonds is 6. The van der Waals surface area contributed by atoms with Gasteiger partial charge < -0.3 is 15.5 Å². The second-order valence-corrected chi connectivity index (χ2v) is 9.72. The average Bonchev–Trinajstić information content (AvgIpc) is 2.72. The standard InChI is InChI=1S/C21H28N4O2S2/c1-24(29(2,26)27)20-8-6-7-18(15-20)23-21(28)22-16-17-9-11-19(12-10-17)25-13-4-3-5-14-25/h6-12,15H,3-5,13-14,16H2,1-2H3,(H2,22,23,28). The van der Waals surface area contributed by atoms with E-state index in [2.05, 4.69) is 39.8 Å². The van der Waals surface area contributed by atoms with Gasteiger partial charge in [0.25, 0.3) is 0 Å². The van der Waals surface area contributed by atoms with E-state index in [1.807, 2.05) is 6.07 Å². The summed E-state index contributed by atoms with van der Waals surface area (Å²) in [6.07, 6.45) is 5.04. The first-order chi connectivity index (χ1) is 13.8. The van der Waals surface area contributed by atoms with Crippen LogP contribution in [-0.4, -0.2) is 39.9 Å². The molecule has 0 spiro atoms. The van der Waals surface area contributed by atoms with Crippen LogP contribution in [0, 0.1) is 0 Å². The van der Waals surface area contributed by atoms with Crippen molar-refractivity contribution >= 4 is 44.4 Å². The second kappa shape index (κ2) is 9.45. The minimum Gasteiger partial charge on any atom is -0.372 e. The van der Waals surface area contributed by atoms with Crippen molar-refractivity contribution in [2.45, 2.75) is 25.8 Å². The summed E-state index contributed by atoms with van der Waals surface area (Å²) in [5.74, 6) is 0. The van der Waals surface area contributed by atoms with Crippen molar-refractivity contribution in [2.75, 3.05) is 40.9 Å². The third-order valence-electron chi connectivity index (χ3n) is 5.08. The van der Waals surface area contributed by atoms with Crippen LogP contribution in [0.4, 0.5) is 17.1 Å². The Morgan fingerprint density at radius 3 is 2.45 bits per heavy atom. The summed E-state index contributed by atoms with van der Waals surface area (Å²) in [7, 11) is -1.78. The van der Waals surface area contributed by atoms with Crippen LogP contribution in [0.2, 0.25) is 0 Å². The number of sulfonamides is 1. The molecule has 29 heavy (non-hydrogen) atoms. The lowest BCUT2D eigenvalue weighted by molar-refractivity contribution is 0.578. The Morgan fingerprint density at radius 2 is 1.79 bits per heavy atom. The van der Waals surface area contributed by atoms with Gasteiger partial charge in [0, 0.05) is 38.1 Å². The lowest BCUT2D eigenvalue weighted by atomic mass is 10.1. The first kappa shape index (κ1) is 21.4. The van der Waals surface area contributed by atoms with E-state index in [1.54, 1.807) is 18.2 Å². The van der Waals surface area contributed by atoms with Gasteiger partial charge in [-0.15, -0.1) is 0 Å². The number of benzene rings is 2. The summed E-state index contributed by atoms with van der Waals surface area (Å²) in [5, 5.41) is 6.80. The molecule has 1 fully saturated rings. The quantitative estimate of drug-likeness (QED) is 0.681. The summed E-state index contributed by atoms with van der Waals surface area (Å²) in [6, 6.07) is 15.7. The predicted octanol–water partition coefficient (Wildman–Crippen LogP) is 3.56. The molecule has 8 heteroatoms. The number of hydrogen-bond acceptors (Lipinski definition) is 4. The molecule has 3 rings (SSSR count). The number of thiocarbonyl (C=S) groups is 1. The molecular weight excluding hydrogens is 404 g/mol. The molecule has 0 aliphatic carbocycles. The zero-order valence-corrected chi connectivity index (χ0v) is 18.5. The van der Waals surface area contributed by atoms with E-state index in [0.717, 1.165) is 24.3 Å². The monoisotopic (exact) mass is 432 g/mol. The van der Waals surface area contributed by atoms with E-state index in [4.69, 9.17) is 12.2 Å². The van der Waals surface area contributed by atoms with E-state index in [0.29, 0.717) is 17.3 Å². The average molecular weight is 433 g/mol. The van der Waals surface area contributed by atoms with Crippen molar-refractivity contribution in [1.82, 2.24) is 5.32 Å². The lowest BCUT2D eigenvalue weighted by Crippen LogP contribution is -2.29. The van der Waals surface area contributed by atoms with Crippen LogP contribution in [0.1, 0.15) is 24.8 Å². The Balaban J connectivity index is 1.53. The van der Waals surface area contributed by atoms with Gasteiger partial charge in [-0.05, 0) is 67.4 Å². The third kappa shape index (κ3) is 6.08. The lowest BCUT2D eigenvalue weighted by Gasteiger charge is -2.28. The third-order valence-corrected chi connectivity index (χ3v) is 6.53. The Hall–Kier alpha value is -2.32. The molecule has 0 atom stereocenters. The first-order valence-electron chi connectivity index (χ1n) is 9.76. The van der Waals surface area contributed by atoms with E-state index in [1.165, 1.54) is 42.6 Å². The van der Waals surface area contributed by atoms with Gasteiger partial charge in [0.05, 0.1) is 11.9 Å². The normalized spacial score (nSPS) is 14.3. The highest BCUT2D eigenvalue weighted by atomic mass is 32.2. The molecule has 156 valence electrons. The molecule has 0 saturated carbocycles. The van der Waals surface area contributed by atoms with Crippen LogP contribution in [0.5, 0.6) is 0 Å². The Bertz CT molecular complexity index is 939. The molecule has 0 amide bonds. The molecule has 1 saturated heterocycles. The van der Waals surface area contributed by atoms with Gasteiger partial charge in [-0.25, -0.2) is 8.42 Å². The molecule has 0 bridgehead atoms. The summed E-state index contributed by atoms with van der Waals surface area (Å²) in [6.45, 7) is 2.90. The number of nitrogens with one attached hydrogen (secondary N) is 2.